The van der Waals surface area contributed by atoms with Gasteiger partial charge in [0.05, 0.1) is 18.7 Å². The molecule has 138 valence electrons. The molecule has 0 spiro atoms. The van der Waals surface area contributed by atoms with Gasteiger partial charge in [0.1, 0.15) is 17.3 Å². The fraction of sp³-hybridized carbons (Fsp3) is 0.316. The Morgan fingerprint density at radius 1 is 1.15 bits per heavy atom. The topological polar surface area (TPSA) is 59.2 Å². The Balaban J connectivity index is 1.62. The molecule has 0 aliphatic carbocycles. The van der Waals surface area contributed by atoms with Crippen molar-refractivity contribution in [2.45, 2.75) is 6.42 Å². The molecule has 0 aliphatic rings. The number of benzene rings is 2. The highest BCUT2D eigenvalue weighted by atomic mass is 79.9. The summed E-state index contributed by atoms with van der Waals surface area (Å²) < 4.78 is 26.5. The normalized spacial score (nSPS) is 11.2. The van der Waals surface area contributed by atoms with Gasteiger partial charge in [0, 0.05) is 41.1 Å². The maximum Gasteiger partial charge on any atom is 0.136 e. The van der Waals surface area contributed by atoms with Gasteiger partial charge >= 0.3 is 0 Å². The van der Waals surface area contributed by atoms with E-state index >= 15 is 0 Å². The third-order valence-corrected chi connectivity index (χ3v) is 4.41. The number of fused-ring (bicyclic) bond motifs is 1. The summed E-state index contributed by atoms with van der Waals surface area (Å²) in [7, 11) is 1.88. The molecule has 7 heteroatoms. The van der Waals surface area contributed by atoms with Gasteiger partial charge in [-0.2, -0.15) is 5.10 Å². The van der Waals surface area contributed by atoms with Crippen LogP contribution >= 0.6 is 15.9 Å². The van der Waals surface area contributed by atoms with Gasteiger partial charge in [-0.15, -0.1) is 0 Å². The van der Waals surface area contributed by atoms with Gasteiger partial charge in [0.15, 0.2) is 0 Å². The highest BCUT2D eigenvalue weighted by molar-refractivity contribution is 9.10. The summed E-state index contributed by atoms with van der Waals surface area (Å²) in [5, 5.41) is 11.1. The van der Waals surface area contributed by atoms with Crippen LogP contribution in [-0.2, 0) is 4.74 Å². The number of halogens is 2. The largest absolute Gasteiger partial charge is 0.493 e. The minimum atomic E-state index is -0.357. The molecule has 0 unspecified atom stereocenters. The molecule has 26 heavy (non-hydrogen) atoms. The van der Waals surface area contributed by atoms with Crippen LogP contribution in [0.3, 0.4) is 0 Å². The highest BCUT2D eigenvalue weighted by Gasteiger charge is 2.13. The summed E-state index contributed by atoms with van der Waals surface area (Å²) in [6.07, 6.45) is 0.756. The second-order valence-corrected chi connectivity index (χ2v) is 6.74. The van der Waals surface area contributed by atoms with Crippen LogP contribution in [-0.4, -0.2) is 43.6 Å². The van der Waals surface area contributed by atoms with Crippen LogP contribution in [0.25, 0.3) is 22.2 Å². The second kappa shape index (κ2) is 9.12. The lowest BCUT2D eigenvalue weighted by Crippen LogP contribution is -2.15. The number of ether oxygens (including phenoxy) is 2. The minimum Gasteiger partial charge on any atom is -0.493 e. The predicted octanol–water partition coefficient (Wildman–Crippen LogP) is 4.14. The number of aromatic nitrogens is 2. The van der Waals surface area contributed by atoms with Gasteiger partial charge < -0.3 is 14.8 Å². The number of nitrogens with zero attached hydrogens (tertiary/aromatic N) is 1. The van der Waals surface area contributed by atoms with Crippen molar-refractivity contribution in [1.29, 1.82) is 0 Å². The number of likely N-dealkylation sites (N-methyl/N-ethyl adjacent to an activating group) is 1. The molecular formula is C19H21BrFN3O2. The fourth-order valence-corrected chi connectivity index (χ4v) is 2.96. The van der Waals surface area contributed by atoms with Gasteiger partial charge in [-0.25, -0.2) is 4.39 Å². The van der Waals surface area contributed by atoms with Crippen LogP contribution < -0.4 is 10.1 Å². The molecule has 0 fully saturated rings. The number of H-pyrrole nitrogens is 1. The van der Waals surface area contributed by atoms with E-state index < -0.39 is 0 Å². The standard InChI is InChI=1S/C19H21BrFN3O2/c1-22-7-10-25-8-2-9-26-14-4-6-15(17(21)12-14)19-16-5-3-13(20)11-18(16)23-24-19/h3-6,11-12,22H,2,7-10H2,1H3,(H,23,24). The maximum atomic E-state index is 14.6. The van der Waals surface area contributed by atoms with Crippen LogP contribution in [0.4, 0.5) is 4.39 Å². The second-order valence-electron chi connectivity index (χ2n) is 5.82. The third-order valence-electron chi connectivity index (χ3n) is 3.92. The Labute approximate surface area is 160 Å². The molecule has 2 aromatic carbocycles. The van der Waals surface area contributed by atoms with Gasteiger partial charge in [-0.05, 0) is 37.4 Å². The van der Waals surface area contributed by atoms with Crippen molar-refractivity contribution < 1.29 is 13.9 Å². The first kappa shape index (κ1) is 18.8. The molecule has 1 heterocycles. The van der Waals surface area contributed by atoms with Crippen molar-refractivity contribution in [3.63, 3.8) is 0 Å². The lowest BCUT2D eigenvalue weighted by atomic mass is 10.1. The Kier molecular flexibility index (Phi) is 6.60. The zero-order valence-electron chi connectivity index (χ0n) is 14.5. The number of hydrogen-bond donors (Lipinski definition) is 2. The molecule has 3 rings (SSSR count). The Morgan fingerprint density at radius 3 is 2.85 bits per heavy atom. The lowest BCUT2D eigenvalue weighted by molar-refractivity contribution is 0.122. The summed E-state index contributed by atoms with van der Waals surface area (Å²) in [5.41, 5.74) is 1.89. The Hall–Kier alpha value is -1.96. The van der Waals surface area contributed by atoms with Crippen molar-refractivity contribution in [3.8, 4) is 17.0 Å². The molecular weight excluding hydrogens is 401 g/mol. The molecule has 0 aliphatic heterocycles. The van der Waals surface area contributed by atoms with Gasteiger partial charge in [0.2, 0.25) is 0 Å². The van der Waals surface area contributed by atoms with E-state index in [9.17, 15) is 4.39 Å². The van der Waals surface area contributed by atoms with E-state index in [1.54, 1.807) is 12.1 Å². The first-order valence-corrected chi connectivity index (χ1v) is 9.27. The van der Waals surface area contributed by atoms with Crippen molar-refractivity contribution >= 4 is 26.8 Å². The molecule has 2 N–H and O–H groups in total. The number of rotatable bonds is 9. The van der Waals surface area contributed by atoms with Crippen molar-refractivity contribution in [3.05, 3.63) is 46.7 Å². The average Bonchev–Trinajstić information content (AvgIpc) is 3.04. The summed E-state index contributed by atoms with van der Waals surface area (Å²) in [6.45, 7) is 2.61. The number of hydrogen-bond acceptors (Lipinski definition) is 4. The molecule has 5 nitrogen and oxygen atoms in total. The zero-order chi connectivity index (χ0) is 18.4. The first-order chi connectivity index (χ1) is 12.7. The summed E-state index contributed by atoms with van der Waals surface area (Å²) in [6, 6.07) is 10.6. The number of aromatic amines is 1. The van der Waals surface area contributed by atoms with Gasteiger partial charge in [-0.3, -0.25) is 5.10 Å². The quantitative estimate of drug-likeness (QED) is 0.509. The van der Waals surface area contributed by atoms with Crippen LogP contribution in [0, 0.1) is 5.82 Å². The van der Waals surface area contributed by atoms with E-state index in [0.717, 1.165) is 28.3 Å². The molecule has 0 saturated heterocycles. The van der Waals surface area contributed by atoms with E-state index in [2.05, 4.69) is 31.4 Å². The van der Waals surface area contributed by atoms with Crippen LogP contribution in [0.5, 0.6) is 5.75 Å². The first-order valence-electron chi connectivity index (χ1n) is 8.47. The van der Waals surface area contributed by atoms with Crippen LogP contribution in [0.15, 0.2) is 40.9 Å². The predicted molar refractivity (Wildman–Crippen MR) is 104 cm³/mol. The number of nitrogens with one attached hydrogen (secondary N) is 2. The van der Waals surface area contributed by atoms with E-state index in [0.29, 0.717) is 36.8 Å². The molecule has 1 aromatic heterocycles. The summed E-state index contributed by atoms with van der Waals surface area (Å²) in [5.74, 6) is 0.146. The Morgan fingerprint density at radius 2 is 2.04 bits per heavy atom. The van der Waals surface area contributed by atoms with E-state index in [1.807, 2.05) is 25.2 Å². The molecule has 0 radical (unpaired) electrons. The SMILES string of the molecule is CNCCOCCCOc1ccc(-c2n[nH]c3cc(Br)ccc23)c(F)c1. The van der Waals surface area contributed by atoms with Crippen LogP contribution in [0.1, 0.15) is 6.42 Å². The van der Waals surface area contributed by atoms with E-state index in [-0.39, 0.29) is 5.82 Å². The van der Waals surface area contributed by atoms with E-state index in [1.165, 1.54) is 6.07 Å². The zero-order valence-corrected chi connectivity index (χ0v) is 16.1. The third kappa shape index (κ3) is 4.60. The monoisotopic (exact) mass is 421 g/mol. The Bertz CT molecular complexity index is 869. The van der Waals surface area contributed by atoms with Crippen molar-refractivity contribution in [1.82, 2.24) is 15.5 Å². The summed E-state index contributed by atoms with van der Waals surface area (Å²) >= 11 is 3.42. The van der Waals surface area contributed by atoms with E-state index in [4.69, 9.17) is 9.47 Å². The molecule has 0 amide bonds. The lowest BCUT2D eigenvalue weighted by Gasteiger charge is -2.08. The highest BCUT2D eigenvalue weighted by Crippen LogP contribution is 2.31. The van der Waals surface area contributed by atoms with Gasteiger partial charge in [-0.1, -0.05) is 15.9 Å². The molecule has 0 bridgehead atoms. The van der Waals surface area contributed by atoms with Gasteiger partial charge in [0.25, 0.3) is 0 Å². The molecule has 3 aromatic rings. The summed E-state index contributed by atoms with van der Waals surface area (Å²) in [4.78, 5) is 0. The smallest absolute Gasteiger partial charge is 0.136 e. The van der Waals surface area contributed by atoms with Crippen LogP contribution in [0.2, 0.25) is 0 Å². The van der Waals surface area contributed by atoms with Crippen molar-refractivity contribution in [2.24, 2.45) is 0 Å². The molecule has 0 atom stereocenters. The fourth-order valence-electron chi connectivity index (χ4n) is 2.60. The van der Waals surface area contributed by atoms with Crippen molar-refractivity contribution in [2.75, 3.05) is 33.4 Å². The maximum absolute atomic E-state index is 14.6. The minimum absolute atomic E-state index is 0.357. The molecule has 0 saturated carbocycles. The average molecular weight is 422 g/mol.